The van der Waals surface area contributed by atoms with E-state index in [2.05, 4.69) is 15.9 Å². The van der Waals surface area contributed by atoms with E-state index in [0.717, 1.165) is 0 Å². The van der Waals surface area contributed by atoms with Crippen LogP contribution in [0.5, 0.6) is 0 Å². The van der Waals surface area contributed by atoms with Gasteiger partial charge in [0.15, 0.2) is 5.78 Å². The third kappa shape index (κ3) is 2.56. The Labute approximate surface area is 104 Å². The van der Waals surface area contributed by atoms with Gasteiger partial charge in [0, 0.05) is 6.54 Å². The van der Waals surface area contributed by atoms with Crippen LogP contribution in [0.15, 0.2) is 0 Å². The zero-order chi connectivity index (χ0) is 12.7. The average Bonchev–Trinajstić information content (AvgIpc) is 2.26. The first-order chi connectivity index (χ1) is 7.05. The lowest BCUT2D eigenvalue weighted by Gasteiger charge is -2.31. The van der Waals surface area contributed by atoms with Crippen molar-refractivity contribution in [2.75, 3.05) is 6.54 Å². The maximum Gasteiger partial charge on any atom is 0.411 e. The molecule has 5 heteroatoms. The number of alkyl halides is 1. The molecule has 1 atom stereocenters. The molecule has 1 amide bonds. The minimum atomic E-state index is -0.795. The van der Waals surface area contributed by atoms with Crippen LogP contribution in [0.2, 0.25) is 0 Å². The van der Waals surface area contributed by atoms with Crippen molar-refractivity contribution in [3.63, 3.8) is 0 Å². The van der Waals surface area contributed by atoms with Crippen molar-refractivity contribution in [3.8, 4) is 0 Å². The highest BCUT2D eigenvalue weighted by Gasteiger charge is 2.49. The number of hydrogen-bond donors (Lipinski definition) is 0. The smallest absolute Gasteiger partial charge is 0.411 e. The highest BCUT2D eigenvalue weighted by Crippen LogP contribution is 2.30. The first-order valence-electron chi connectivity index (χ1n) is 5.25. The van der Waals surface area contributed by atoms with Gasteiger partial charge < -0.3 is 4.74 Å². The molecule has 0 aromatic heterocycles. The van der Waals surface area contributed by atoms with Gasteiger partial charge in [-0.25, -0.2) is 4.79 Å². The van der Waals surface area contributed by atoms with Crippen molar-refractivity contribution in [1.29, 1.82) is 0 Å². The number of Topliss-reactive ketones (excluding diaryl/α,β-unsaturated/α-hetero) is 1. The molecule has 0 spiro atoms. The second-order valence-electron chi connectivity index (χ2n) is 5.48. The van der Waals surface area contributed by atoms with E-state index in [1.54, 1.807) is 34.6 Å². The summed E-state index contributed by atoms with van der Waals surface area (Å²) in [6.07, 6.45) is -0.437. The minimum absolute atomic E-state index is 0.0124. The molecule has 1 aliphatic heterocycles. The van der Waals surface area contributed by atoms with Crippen LogP contribution in [0, 0.1) is 0 Å². The zero-order valence-electron chi connectivity index (χ0n) is 10.3. The molecule has 0 aromatic rings. The molecule has 0 N–H and O–H groups in total. The zero-order valence-corrected chi connectivity index (χ0v) is 11.9. The summed E-state index contributed by atoms with van der Waals surface area (Å²) in [4.78, 5) is 24.9. The summed E-state index contributed by atoms with van der Waals surface area (Å²) < 4.78 is 5.27. The van der Waals surface area contributed by atoms with Gasteiger partial charge in [-0.05, 0) is 34.6 Å². The van der Waals surface area contributed by atoms with Crippen molar-refractivity contribution in [3.05, 3.63) is 0 Å². The third-order valence-electron chi connectivity index (χ3n) is 2.52. The fourth-order valence-corrected chi connectivity index (χ4v) is 2.46. The fraction of sp³-hybridized carbons (Fsp3) is 0.818. The Morgan fingerprint density at radius 1 is 1.50 bits per heavy atom. The Bertz CT molecular complexity index is 320. The average molecular weight is 292 g/mol. The predicted octanol–water partition coefficient (Wildman–Crippen LogP) is 2.35. The fourth-order valence-electron chi connectivity index (χ4n) is 1.61. The molecule has 1 unspecified atom stereocenters. The minimum Gasteiger partial charge on any atom is -0.444 e. The van der Waals surface area contributed by atoms with Gasteiger partial charge in [-0.2, -0.15) is 0 Å². The monoisotopic (exact) mass is 291 g/mol. The first-order valence-corrected chi connectivity index (χ1v) is 6.16. The molecule has 1 rings (SSSR count). The van der Waals surface area contributed by atoms with Crippen LogP contribution in [-0.2, 0) is 9.53 Å². The van der Waals surface area contributed by atoms with Gasteiger partial charge in [0.05, 0.1) is 4.83 Å². The van der Waals surface area contributed by atoms with Crippen molar-refractivity contribution < 1.29 is 14.3 Å². The molecule has 1 heterocycles. The normalized spacial score (nSPS) is 24.8. The Kier molecular flexibility index (Phi) is 3.39. The Morgan fingerprint density at radius 2 is 2.00 bits per heavy atom. The number of rotatable bonds is 0. The summed E-state index contributed by atoms with van der Waals surface area (Å²) >= 11 is 3.27. The summed E-state index contributed by atoms with van der Waals surface area (Å²) in [6.45, 7) is 9.26. The summed E-state index contributed by atoms with van der Waals surface area (Å²) in [7, 11) is 0. The molecule has 92 valence electrons. The molecular formula is C11H18BrNO3. The van der Waals surface area contributed by atoms with Gasteiger partial charge in [-0.15, -0.1) is 0 Å². The van der Waals surface area contributed by atoms with Crippen LogP contribution in [0.25, 0.3) is 0 Å². The largest absolute Gasteiger partial charge is 0.444 e. The summed E-state index contributed by atoms with van der Waals surface area (Å²) in [6, 6.07) is 0. The topological polar surface area (TPSA) is 46.6 Å². The van der Waals surface area contributed by atoms with Crippen molar-refractivity contribution in [1.82, 2.24) is 4.90 Å². The molecule has 1 fully saturated rings. The highest BCUT2D eigenvalue weighted by atomic mass is 79.9. The molecule has 1 saturated heterocycles. The van der Waals surface area contributed by atoms with Crippen molar-refractivity contribution in [2.24, 2.45) is 0 Å². The number of likely N-dealkylation sites (tertiary alicyclic amines) is 1. The van der Waals surface area contributed by atoms with Crippen LogP contribution >= 0.6 is 15.9 Å². The lowest BCUT2D eigenvalue weighted by molar-refractivity contribution is -0.123. The van der Waals surface area contributed by atoms with E-state index >= 15 is 0 Å². The van der Waals surface area contributed by atoms with Gasteiger partial charge in [0.25, 0.3) is 0 Å². The van der Waals surface area contributed by atoms with Crippen LogP contribution in [0.1, 0.15) is 34.6 Å². The summed E-state index contributed by atoms with van der Waals surface area (Å²) in [5.74, 6) is 0.0124. The quantitative estimate of drug-likeness (QED) is 0.644. The van der Waals surface area contributed by atoms with E-state index in [0.29, 0.717) is 6.54 Å². The Hall–Kier alpha value is -0.580. The SMILES string of the molecule is CC(C)(C)OC(=O)N1CC(Br)C(=O)C1(C)C. The maximum atomic E-state index is 11.9. The van der Waals surface area contributed by atoms with Gasteiger partial charge >= 0.3 is 6.09 Å². The van der Waals surface area contributed by atoms with E-state index < -0.39 is 17.2 Å². The molecular weight excluding hydrogens is 274 g/mol. The molecule has 0 saturated carbocycles. The molecule has 1 aliphatic rings. The standard InChI is InChI=1S/C11H18BrNO3/c1-10(2,3)16-9(15)13-6-7(12)8(14)11(13,4)5/h7H,6H2,1-5H3. The Balaban J connectivity index is 2.83. The van der Waals surface area contributed by atoms with Crippen molar-refractivity contribution >= 4 is 27.8 Å². The molecule has 0 aliphatic carbocycles. The number of nitrogens with zero attached hydrogens (tertiary/aromatic N) is 1. The second-order valence-corrected chi connectivity index (χ2v) is 6.59. The van der Waals surface area contributed by atoms with Gasteiger partial charge in [0.2, 0.25) is 0 Å². The lowest BCUT2D eigenvalue weighted by Crippen LogP contribution is -2.48. The number of ketones is 1. The van der Waals surface area contributed by atoms with E-state index in [-0.39, 0.29) is 10.6 Å². The number of carbonyl (C=O) groups excluding carboxylic acids is 2. The van der Waals surface area contributed by atoms with Crippen LogP contribution in [0.3, 0.4) is 0 Å². The predicted molar refractivity (Wildman–Crippen MR) is 64.7 cm³/mol. The van der Waals surface area contributed by atoms with Gasteiger partial charge in [-0.1, -0.05) is 15.9 Å². The second kappa shape index (κ2) is 4.02. The number of ether oxygens (including phenoxy) is 1. The van der Waals surface area contributed by atoms with E-state index in [4.69, 9.17) is 4.74 Å². The van der Waals surface area contributed by atoms with Crippen LogP contribution < -0.4 is 0 Å². The molecule has 0 aromatic carbocycles. The highest BCUT2D eigenvalue weighted by molar-refractivity contribution is 9.10. The van der Waals surface area contributed by atoms with E-state index in [9.17, 15) is 9.59 Å². The third-order valence-corrected chi connectivity index (χ3v) is 3.22. The number of carbonyl (C=O) groups is 2. The van der Waals surface area contributed by atoms with Crippen molar-refractivity contribution in [2.45, 2.75) is 50.6 Å². The molecule has 0 bridgehead atoms. The first kappa shape index (κ1) is 13.5. The Morgan fingerprint density at radius 3 is 2.31 bits per heavy atom. The van der Waals surface area contributed by atoms with E-state index in [1.807, 2.05) is 0 Å². The summed E-state index contributed by atoms with van der Waals surface area (Å²) in [5.41, 5.74) is -1.34. The summed E-state index contributed by atoms with van der Waals surface area (Å²) in [5, 5.41) is 0. The van der Waals surface area contributed by atoms with Gasteiger partial charge in [0.1, 0.15) is 11.1 Å². The number of halogens is 1. The van der Waals surface area contributed by atoms with Crippen LogP contribution in [-0.4, -0.2) is 39.3 Å². The van der Waals surface area contributed by atoms with Gasteiger partial charge in [-0.3, -0.25) is 9.69 Å². The van der Waals surface area contributed by atoms with Crippen LogP contribution in [0.4, 0.5) is 4.79 Å². The number of amides is 1. The van der Waals surface area contributed by atoms with E-state index in [1.165, 1.54) is 4.90 Å². The molecule has 0 radical (unpaired) electrons. The lowest BCUT2D eigenvalue weighted by atomic mass is 10.0. The number of hydrogen-bond acceptors (Lipinski definition) is 3. The maximum absolute atomic E-state index is 11.9. The molecule has 4 nitrogen and oxygen atoms in total. The molecule has 16 heavy (non-hydrogen) atoms.